The molecule has 0 amide bonds. The first kappa shape index (κ1) is 41.8. The summed E-state index contributed by atoms with van der Waals surface area (Å²) in [5, 5.41) is 12.1. The molecule has 4 aromatic carbocycles. The fourth-order valence-electron chi connectivity index (χ4n) is 3.59. The summed E-state index contributed by atoms with van der Waals surface area (Å²) in [7, 11) is 3.84. The second kappa shape index (κ2) is 24.0. The minimum absolute atomic E-state index is 0. The van der Waals surface area contributed by atoms with E-state index < -0.39 is 5.97 Å². The summed E-state index contributed by atoms with van der Waals surface area (Å²) in [6, 6.07) is 30.8. The molecule has 12 heteroatoms. The number of rotatable bonds is 11. The van der Waals surface area contributed by atoms with Crippen LogP contribution in [-0.2, 0) is 51.3 Å². The minimum Gasteiger partial charge on any atom is -0.875 e. The standard InChI is InChI=1S/C17H15ClO4.C16H15ClO3.C2H4O2.K/c1-21-17(20)16(10-19)22-11-12-2-4-13(5-3-12)14-6-8-15(18)9-7-14;1-19-16(18)11-20-10-12-2-4-13(5-3-12)14-6-8-15(17)9-7-14;1-4-2-3;/h2-10,19H,11H2,1H3;2-9H,10-11H2,1H3;2H,1H3;/q;;;+1/p-1/b16-10+;;;. The van der Waals surface area contributed by atoms with Gasteiger partial charge in [-0.3, -0.25) is 4.79 Å². The Labute approximate surface area is 326 Å². The summed E-state index contributed by atoms with van der Waals surface area (Å²) in [6.07, 6.45) is 0.341. The van der Waals surface area contributed by atoms with Crippen molar-refractivity contribution in [1.29, 1.82) is 0 Å². The molecule has 0 saturated carbocycles. The van der Waals surface area contributed by atoms with E-state index in [4.69, 9.17) is 37.5 Å². The van der Waals surface area contributed by atoms with Crippen molar-refractivity contribution in [2.75, 3.05) is 27.9 Å². The third-order valence-electron chi connectivity index (χ3n) is 5.96. The normalized spacial score (nSPS) is 10.0. The van der Waals surface area contributed by atoms with E-state index in [1.165, 1.54) is 21.3 Å². The molecular weight excluding hydrogens is 674 g/mol. The maximum absolute atomic E-state index is 11.2. The Morgan fingerprint density at radius 3 is 1.38 bits per heavy atom. The SMILES string of the molecule is COC(=O)/C(=C\[O-])OCc1ccc(-c2ccc(Cl)cc2)cc1.COC(=O)COCc1ccc(-c2ccc(Cl)cc2)cc1.COC=O.[K+]. The average Bonchev–Trinajstić information content (AvgIpc) is 3.10. The van der Waals surface area contributed by atoms with Gasteiger partial charge in [-0.25, -0.2) is 9.59 Å². The second-order valence-corrected chi connectivity index (χ2v) is 9.94. The Kier molecular flexibility index (Phi) is 21.4. The van der Waals surface area contributed by atoms with Crippen LogP contribution < -0.4 is 56.5 Å². The maximum atomic E-state index is 11.2. The van der Waals surface area contributed by atoms with E-state index in [1.54, 1.807) is 0 Å². The van der Waals surface area contributed by atoms with Crippen molar-refractivity contribution < 1.29 is 94.6 Å². The van der Waals surface area contributed by atoms with Crippen LogP contribution >= 0.6 is 23.2 Å². The first-order valence-electron chi connectivity index (χ1n) is 13.6. The third-order valence-corrected chi connectivity index (χ3v) is 6.47. The summed E-state index contributed by atoms with van der Waals surface area (Å²) in [5.74, 6) is -1.50. The monoisotopic (exact) mass is 706 g/mol. The molecular formula is C35H33Cl2KO9. The van der Waals surface area contributed by atoms with Crippen molar-refractivity contribution in [3.05, 3.63) is 130 Å². The Morgan fingerprint density at radius 1 is 0.660 bits per heavy atom. The Morgan fingerprint density at radius 2 is 1.04 bits per heavy atom. The van der Waals surface area contributed by atoms with Gasteiger partial charge in [0.25, 0.3) is 6.47 Å². The van der Waals surface area contributed by atoms with Crippen LogP contribution in [0.15, 0.2) is 109 Å². The van der Waals surface area contributed by atoms with Crippen molar-refractivity contribution in [1.82, 2.24) is 0 Å². The molecule has 0 bridgehead atoms. The van der Waals surface area contributed by atoms with Crippen LogP contribution in [0.1, 0.15) is 11.1 Å². The summed E-state index contributed by atoms with van der Waals surface area (Å²) >= 11 is 11.7. The summed E-state index contributed by atoms with van der Waals surface area (Å²) < 4.78 is 23.2. The average molecular weight is 708 g/mol. The second-order valence-electron chi connectivity index (χ2n) is 9.07. The fraction of sp³-hybridized carbons (Fsp3) is 0.171. The molecule has 0 aromatic heterocycles. The van der Waals surface area contributed by atoms with Gasteiger partial charge in [0.05, 0.1) is 27.9 Å². The van der Waals surface area contributed by atoms with Gasteiger partial charge in [0, 0.05) is 10.0 Å². The zero-order valence-corrected chi connectivity index (χ0v) is 31.1. The van der Waals surface area contributed by atoms with E-state index in [-0.39, 0.29) is 76.3 Å². The number of benzene rings is 4. The number of carbonyl (C=O) groups excluding carboxylic acids is 3. The molecule has 4 rings (SSSR count). The molecule has 0 unspecified atom stereocenters. The smallest absolute Gasteiger partial charge is 0.875 e. The number of hydrogen-bond acceptors (Lipinski definition) is 9. The van der Waals surface area contributed by atoms with Crippen LogP contribution in [-0.4, -0.2) is 46.3 Å². The first-order chi connectivity index (χ1) is 22.2. The van der Waals surface area contributed by atoms with E-state index in [9.17, 15) is 14.7 Å². The molecule has 0 aliphatic carbocycles. The first-order valence-corrected chi connectivity index (χ1v) is 14.3. The molecule has 4 aromatic rings. The van der Waals surface area contributed by atoms with E-state index in [0.717, 1.165) is 38.4 Å². The quantitative estimate of drug-likeness (QED) is 0.0577. The van der Waals surface area contributed by atoms with Crippen LogP contribution in [0.2, 0.25) is 10.0 Å². The molecule has 0 spiro atoms. The van der Waals surface area contributed by atoms with Gasteiger partial charge < -0.3 is 28.8 Å². The molecule has 47 heavy (non-hydrogen) atoms. The minimum atomic E-state index is -0.784. The van der Waals surface area contributed by atoms with Gasteiger partial charge in [-0.15, -0.1) is 0 Å². The van der Waals surface area contributed by atoms with Crippen molar-refractivity contribution in [2.45, 2.75) is 13.2 Å². The van der Waals surface area contributed by atoms with Crippen LogP contribution in [0, 0.1) is 0 Å². The van der Waals surface area contributed by atoms with E-state index in [2.05, 4.69) is 14.2 Å². The van der Waals surface area contributed by atoms with Crippen molar-refractivity contribution >= 4 is 41.6 Å². The zero-order chi connectivity index (χ0) is 33.7. The Bertz CT molecular complexity index is 1530. The maximum Gasteiger partial charge on any atom is 1.00 e. The predicted molar refractivity (Wildman–Crippen MR) is 173 cm³/mol. The molecule has 242 valence electrons. The van der Waals surface area contributed by atoms with Gasteiger partial charge in [0.15, 0.2) is 5.76 Å². The van der Waals surface area contributed by atoms with Crippen LogP contribution in [0.3, 0.4) is 0 Å². The number of carbonyl (C=O) groups is 3. The summed E-state index contributed by atoms with van der Waals surface area (Å²) in [5.41, 5.74) is 6.14. The molecule has 9 nitrogen and oxygen atoms in total. The number of ether oxygens (including phenoxy) is 5. The van der Waals surface area contributed by atoms with Gasteiger partial charge in [-0.2, -0.15) is 0 Å². The third kappa shape index (κ3) is 16.0. The van der Waals surface area contributed by atoms with Gasteiger partial charge in [0.1, 0.15) is 13.2 Å². The van der Waals surface area contributed by atoms with Gasteiger partial charge in [-0.1, -0.05) is 102 Å². The molecule has 0 saturated heterocycles. The number of hydrogen-bond donors (Lipinski definition) is 0. The predicted octanol–water partition coefficient (Wildman–Crippen LogP) is 3.39. The molecule has 0 aliphatic rings. The number of esters is 2. The summed E-state index contributed by atoms with van der Waals surface area (Å²) in [4.78, 5) is 31.1. The molecule has 0 atom stereocenters. The van der Waals surface area contributed by atoms with Crippen LogP contribution in [0.25, 0.3) is 22.3 Å². The number of halogens is 2. The van der Waals surface area contributed by atoms with Gasteiger partial charge in [-0.05, 0) is 57.6 Å². The van der Waals surface area contributed by atoms with Gasteiger partial charge >= 0.3 is 63.3 Å². The van der Waals surface area contributed by atoms with Crippen molar-refractivity contribution in [3.8, 4) is 22.3 Å². The fourth-order valence-corrected chi connectivity index (χ4v) is 3.84. The number of methoxy groups -OCH3 is 3. The Balaban J connectivity index is 0.000000415. The summed E-state index contributed by atoms with van der Waals surface area (Å²) in [6.45, 7) is 0.843. The van der Waals surface area contributed by atoms with Crippen LogP contribution in [0.4, 0.5) is 0 Å². The van der Waals surface area contributed by atoms with E-state index in [0.29, 0.717) is 24.4 Å². The van der Waals surface area contributed by atoms with Gasteiger partial charge in [0.2, 0.25) is 0 Å². The van der Waals surface area contributed by atoms with E-state index >= 15 is 0 Å². The van der Waals surface area contributed by atoms with Crippen LogP contribution in [0.5, 0.6) is 0 Å². The molecule has 0 N–H and O–H groups in total. The topological polar surface area (TPSA) is 120 Å². The largest absolute Gasteiger partial charge is 1.00 e. The molecule has 0 heterocycles. The van der Waals surface area contributed by atoms with Crippen molar-refractivity contribution in [2.24, 2.45) is 0 Å². The van der Waals surface area contributed by atoms with E-state index in [1.807, 2.05) is 97.1 Å². The molecule has 0 radical (unpaired) electrons. The molecule has 0 aliphatic heterocycles. The van der Waals surface area contributed by atoms with Crippen molar-refractivity contribution in [3.63, 3.8) is 0 Å². The zero-order valence-electron chi connectivity index (χ0n) is 26.4. The molecule has 0 fully saturated rings. The Hall–Kier alpha value is -3.19.